The number of hydrogen-bond acceptors (Lipinski definition) is 4. The van der Waals surface area contributed by atoms with E-state index in [4.69, 9.17) is 9.47 Å². The summed E-state index contributed by atoms with van der Waals surface area (Å²) in [5.74, 6) is 3.30. The van der Waals surface area contributed by atoms with Gasteiger partial charge in [-0.15, -0.1) is 0 Å². The molecule has 14 aromatic rings. The highest BCUT2D eigenvalue weighted by Crippen LogP contribution is 2.60. The van der Waals surface area contributed by atoms with Crippen LogP contribution < -0.4 is 19.3 Å². The first-order valence-electron chi connectivity index (χ1n) is 28.6. The number of rotatable bonds is 7. The highest BCUT2D eigenvalue weighted by Gasteiger charge is 2.46. The zero-order chi connectivity index (χ0) is 54.9. The lowest BCUT2D eigenvalue weighted by Gasteiger charge is -2.35. The highest BCUT2D eigenvalue weighted by molar-refractivity contribution is 6.24. The molecule has 390 valence electrons. The zero-order valence-corrected chi connectivity index (χ0v) is 45.8. The van der Waals surface area contributed by atoms with Crippen molar-refractivity contribution in [2.45, 2.75) is 19.3 Å². The molecule has 0 atom stereocenters. The van der Waals surface area contributed by atoms with Crippen LogP contribution in [-0.4, -0.2) is 0 Å². The molecule has 2 heterocycles. The molecule has 1 aliphatic carbocycles. The molecule has 0 saturated heterocycles. The lowest BCUT2D eigenvalue weighted by atomic mass is 9.66. The van der Waals surface area contributed by atoms with Crippen molar-refractivity contribution < 1.29 is 9.47 Å². The van der Waals surface area contributed by atoms with E-state index >= 15 is 0 Å². The van der Waals surface area contributed by atoms with Gasteiger partial charge in [-0.25, -0.2) is 0 Å². The van der Waals surface area contributed by atoms with E-state index in [1.807, 2.05) is 12.1 Å². The van der Waals surface area contributed by atoms with Gasteiger partial charge in [-0.1, -0.05) is 193 Å². The lowest BCUT2D eigenvalue weighted by Crippen LogP contribution is -2.28. The van der Waals surface area contributed by atoms with Crippen molar-refractivity contribution in [3.63, 3.8) is 0 Å². The van der Waals surface area contributed by atoms with Gasteiger partial charge >= 0.3 is 0 Å². The van der Waals surface area contributed by atoms with Gasteiger partial charge in [0, 0.05) is 11.4 Å². The summed E-state index contributed by atoms with van der Waals surface area (Å²) >= 11 is 0. The molecular weight excluding hydrogens is 1010 g/mol. The van der Waals surface area contributed by atoms with Crippen molar-refractivity contribution in [3.05, 3.63) is 312 Å². The summed E-state index contributed by atoms with van der Waals surface area (Å²) in [6.45, 7) is 4.26. The number of anilines is 6. The van der Waals surface area contributed by atoms with E-state index in [9.17, 15) is 0 Å². The Hall–Kier alpha value is -10.7. The molecule has 0 aromatic heterocycles. The molecule has 3 aliphatic rings. The van der Waals surface area contributed by atoms with Crippen LogP contribution in [0, 0.1) is 13.8 Å². The molecule has 0 unspecified atom stereocenters. The minimum Gasteiger partial charge on any atom is -0.453 e. The van der Waals surface area contributed by atoms with Crippen LogP contribution in [0.15, 0.2) is 279 Å². The van der Waals surface area contributed by atoms with E-state index in [1.165, 1.54) is 93.2 Å². The van der Waals surface area contributed by atoms with Crippen molar-refractivity contribution in [3.8, 4) is 56.4 Å². The smallest absolute Gasteiger partial charge is 0.152 e. The van der Waals surface area contributed by atoms with Gasteiger partial charge in [-0.2, -0.15) is 0 Å². The van der Waals surface area contributed by atoms with E-state index in [2.05, 4.69) is 291 Å². The van der Waals surface area contributed by atoms with Gasteiger partial charge in [0.05, 0.1) is 28.2 Å². The Morgan fingerprint density at radius 2 is 0.675 bits per heavy atom. The third-order valence-electron chi connectivity index (χ3n) is 17.7. The molecule has 0 spiro atoms. The molecule has 0 N–H and O–H groups in total. The fourth-order valence-electron chi connectivity index (χ4n) is 14.1. The molecule has 0 fully saturated rings. The van der Waals surface area contributed by atoms with Gasteiger partial charge in [0.2, 0.25) is 0 Å². The molecule has 0 bridgehead atoms. The summed E-state index contributed by atoms with van der Waals surface area (Å²) in [6, 6.07) is 103. The van der Waals surface area contributed by atoms with Crippen LogP contribution in [0.3, 0.4) is 0 Å². The molecule has 4 nitrogen and oxygen atoms in total. The maximum atomic E-state index is 6.86. The Morgan fingerprint density at radius 3 is 1.17 bits per heavy atom. The number of nitrogens with zero attached hydrogens (tertiary/aromatic N) is 2. The number of aryl methyl sites for hydroxylation is 2. The first-order chi connectivity index (χ1) is 41.0. The Balaban J connectivity index is 0.865. The first kappa shape index (κ1) is 47.2. The highest BCUT2D eigenvalue weighted by atomic mass is 16.5. The molecule has 0 saturated carbocycles. The molecule has 17 rings (SSSR count). The van der Waals surface area contributed by atoms with Crippen molar-refractivity contribution in [2.24, 2.45) is 0 Å². The van der Waals surface area contributed by atoms with Crippen molar-refractivity contribution in [2.75, 3.05) is 9.80 Å². The second-order valence-electron chi connectivity index (χ2n) is 22.5. The van der Waals surface area contributed by atoms with E-state index in [0.29, 0.717) is 0 Å². The molecule has 0 amide bonds. The van der Waals surface area contributed by atoms with Crippen LogP contribution >= 0.6 is 0 Å². The topological polar surface area (TPSA) is 24.9 Å². The summed E-state index contributed by atoms with van der Waals surface area (Å²) in [4.78, 5) is 4.64. The Bertz CT molecular complexity index is 4890. The van der Waals surface area contributed by atoms with Crippen LogP contribution in [0.5, 0.6) is 23.0 Å². The number of ether oxygens (including phenoxy) is 2. The normalized spacial score (nSPS) is 13.4. The van der Waals surface area contributed by atoms with Gasteiger partial charge in [-0.3, -0.25) is 0 Å². The van der Waals surface area contributed by atoms with Crippen LogP contribution in [0.25, 0.3) is 76.5 Å². The SMILES string of the molecule is Cc1ccc(N2c3ccccc3Oc3cc(-c4cc5c6c(ccc7cc(-c8c9ccccc9c(-c9ccc%10c(c9)Oc9ccccc9N%10c9ccc(C)cc9)c9ccccc89)cc(c76)C5(c5ccccc5)c5ccccc5)c4)ccc32)cc1. The third-order valence-corrected chi connectivity index (χ3v) is 17.7. The molecule has 2 aliphatic heterocycles. The van der Waals surface area contributed by atoms with E-state index < -0.39 is 5.41 Å². The largest absolute Gasteiger partial charge is 0.453 e. The second-order valence-corrected chi connectivity index (χ2v) is 22.5. The maximum Gasteiger partial charge on any atom is 0.152 e. The standard InChI is InChI=1S/C79H52N2O2/c1-49-29-37-59(38-30-49)80-67-25-13-15-27-71(67)82-73-47-51(35-41-69(73)80)55-43-52-33-34-53-44-56(46-66-78(53)77(52)65(45-55)79(66,57-17-5-3-6-18-57)58-19-7-4-8-20-58)76-63-23-11-9-21-61(63)75(62-22-10-12-24-64(62)76)54-36-42-70-74(48-54)83-72-28-16-14-26-68(72)81(70)60-39-31-50(2)32-40-60/h3-48H,1-2H3. The lowest BCUT2D eigenvalue weighted by molar-refractivity contribution is 0.477. The molecule has 4 heteroatoms. The van der Waals surface area contributed by atoms with Crippen LogP contribution in [-0.2, 0) is 5.41 Å². The fraction of sp³-hybridized carbons (Fsp3) is 0.0380. The molecular formula is C79H52N2O2. The van der Waals surface area contributed by atoms with E-state index in [0.717, 1.165) is 73.8 Å². The number of hydrogen-bond donors (Lipinski definition) is 0. The summed E-state index contributed by atoms with van der Waals surface area (Å²) in [5.41, 5.74) is 19.9. The number of fused-ring (bicyclic) bond motifs is 6. The van der Waals surface area contributed by atoms with Crippen LogP contribution in [0.1, 0.15) is 33.4 Å². The zero-order valence-electron chi connectivity index (χ0n) is 45.8. The quantitative estimate of drug-likeness (QED) is 0.117. The summed E-state index contributed by atoms with van der Waals surface area (Å²) < 4.78 is 13.7. The van der Waals surface area contributed by atoms with E-state index in [1.54, 1.807) is 0 Å². The third kappa shape index (κ3) is 7.06. The number of para-hydroxylation sites is 4. The average molecular weight is 1060 g/mol. The average Bonchev–Trinajstić information content (AvgIpc) is 1.61. The van der Waals surface area contributed by atoms with Crippen molar-refractivity contribution in [1.29, 1.82) is 0 Å². The van der Waals surface area contributed by atoms with Gasteiger partial charge in [0.25, 0.3) is 0 Å². The second kappa shape index (κ2) is 18.2. The Labute approximate surface area is 481 Å². The molecule has 14 aromatic carbocycles. The fourth-order valence-corrected chi connectivity index (χ4v) is 14.1. The van der Waals surface area contributed by atoms with Crippen molar-refractivity contribution in [1.82, 2.24) is 0 Å². The number of benzene rings is 14. The minimum atomic E-state index is -0.680. The minimum absolute atomic E-state index is 0.680. The van der Waals surface area contributed by atoms with Crippen LogP contribution in [0.4, 0.5) is 34.1 Å². The predicted octanol–water partition coefficient (Wildman–Crippen LogP) is 21.8. The summed E-state index contributed by atoms with van der Waals surface area (Å²) in [7, 11) is 0. The van der Waals surface area contributed by atoms with Gasteiger partial charge in [-0.05, 0) is 210 Å². The first-order valence-corrected chi connectivity index (χ1v) is 28.6. The molecule has 83 heavy (non-hydrogen) atoms. The van der Waals surface area contributed by atoms with E-state index in [-0.39, 0.29) is 0 Å². The van der Waals surface area contributed by atoms with Gasteiger partial charge in [0.1, 0.15) is 0 Å². The van der Waals surface area contributed by atoms with Crippen LogP contribution in [0.2, 0.25) is 0 Å². The maximum absolute atomic E-state index is 6.86. The molecule has 0 radical (unpaired) electrons. The van der Waals surface area contributed by atoms with Crippen molar-refractivity contribution >= 4 is 77.2 Å². The Morgan fingerprint density at radius 1 is 0.289 bits per heavy atom. The predicted molar refractivity (Wildman–Crippen MR) is 344 cm³/mol. The monoisotopic (exact) mass is 1060 g/mol. The summed E-state index contributed by atoms with van der Waals surface area (Å²) in [6.07, 6.45) is 0. The van der Waals surface area contributed by atoms with Gasteiger partial charge in [0.15, 0.2) is 23.0 Å². The Kier molecular flexibility index (Phi) is 10.3. The summed E-state index contributed by atoms with van der Waals surface area (Å²) in [5, 5.41) is 9.76. The van der Waals surface area contributed by atoms with Gasteiger partial charge < -0.3 is 19.3 Å².